The van der Waals surface area contributed by atoms with Crippen LogP contribution >= 0.6 is 12.4 Å². The van der Waals surface area contributed by atoms with Gasteiger partial charge in [-0.2, -0.15) is 0 Å². The van der Waals surface area contributed by atoms with Gasteiger partial charge in [-0.1, -0.05) is 19.1 Å². The third kappa shape index (κ3) is 5.36. The van der Waals surface area contributed by atoms with Crippen LogP contribution in [0.2, 0.25) is 0 Å². The zero-order valence-electron chi connectivity index (χ0n) is 12.9. The second-order valence-corrected chi connectivity index (χ2v) is 5.12. The van der Waals surface area contributed by atoms with Crippen molar-refractivity contribution in [3.05, 3.63) is 35.4 Å². The fourth-order valence-electron chi connectivity index (χ4n) is 1.83. The first-order chi connectivity index (χ1) is 9.36. The second kappa shape index (κ2) is 8.64. The summed E-state index contributed by atoms with van der Waals surface area (Å²) in [4.78, 5) is 25.2. The predicted octanol–water partition coefficient (Wildman–Crippen LogP) is 1.41. The van der Waals surface area contributed by atoms with Crippen molar-refractivity contribution in [1.82, 2.24) is 10.2 Å². The lowest BCUT2D eigenvalue weighted by Gasteiger charge is -2.23. The third-order valence-electron chi connectivity index (χ3n) is 3.42. The molecule has 0 radical (unpaired) electrons. The number of nitrogens with one attached hydrogen (secondary N) is 1. The van der Waals surface area contributed by atoms with Crippen molar-refractivity contribution in [2.45, 2.75) is 26.4 Å². The summed E-state index contributed by atoms with van der Waals surface area (Å²) in [6.45, 7) is 4.16. The van der Waals surface area contributed by atoms with Gasteiger partial charge in [0.25, 0.3) is 5.91 Å². The summed E-state index contributed by atoms with van der Waals surface area (Å²) in [5.74, 6) is -0.299. The van der Waals surface area contributed by atoms with Crippen molar-refractivity contribution in [2.75, 3.05) is 14.1 Å². The van der Waals surface area contributed by atoms with Crippen LogP contribution < -0.4 is 11.1 Å². The number of carbonyl (C=O) groups is 2. The quantitative estimate of drug-likeness (QED) is 0.863. The van der Waals surface area contributed by atoms with Gasteiger partial charge in [-0.05, 0) is 24.6 Å². The Hall–Kier alpha value is -1.59. The molecule has 2 unspecified atom stereocenters. The van der Waals surface area contributed by atoms with Gasteiger partial charge in [-0.15, -0.1) is 12.4 Å². The molecule has 2 amide bonds. The van der Waals surface area contributed by atoms with E-state index in [0.29, 0.717) is 12.1 Å². The number of rotatable bonds is 5. The Morgan fingerprint density at radius 3 is 2.19 bits per heavy atom. The van der Waals surface area contributed by atoms with Crippen LogP contribution in [0.3, 0.4) is 0 Å². The molecular formula is C15H24ClN3O2. The first-order valence-electron chi connectivity index (χ1n) is 6.68. The van der Waals surface area contributed by atoms with Gasteiger partial charge in [-0.25, -0.2) is 0 Å². The Bertz CT molecular complexity index is 474. The number of halogens is 1. The van der Waals surface area contributed by atoms with E-state index in [0.717, 1.165) is 5.56 Å². The average Bonchev–Trinajstić information content (AvgIpc) is 2.45. The molecule has 0 spiro atoms. The van der Waals surface area contributed by atoms with Crippen molar-refractivity contribution in [3.63, 3.8) is 0 Å². The Labute approximate surface area is 132 Å². The summed E-state index contributed by atoms with van der Waals surface area (Å²) in [5.41, 5.74) is 7.33. The topological polar surface area (TPSA) is 75.4 Å². The molecule has 0 aliphatic rings. The van der Waals surface area contributed by atoms with E-state index in [1.165, 1.54) is 0 Å². The minimum Gasteiger partial charge on any atom is -0.355 e. The number of carbonyl (C=O) groups excluding carboxylic acids is 2. The largest absolute Gasteiger partial charge is 0.355 e. The van der Waals surface area contributed by atoms with Crippen LogP contribution in [0, 0.1) is 5.92 Å². The number of nitrogens with zero attached hydrogens (tertiary/aromatic N) is 1. The van der Waals surface area contributed by atoms with Gasteiger partial charge < -0.3 is 16.0 Å². The van der Waals surface area contributed by atoms with E-state index in [1.54, 1.807) is 31.1 Å². The fraction of sp³-hybridized carbons (Fsp3) is 0.467. The highest BCUT2D eigenvalue weighted by Crippen LogP contribution is 2.10. The van der Waals surface area contributed by atoms with Crippen LogP contribution in [0.15, 0.2) is 24.3 Å². The lowest BCUT2D eigenvalue weighted by molar-refractivity contribution is -0.134. The van der Waals surface area contributed by atoms with E-state index in [2.05, 4.69) is 5.32 Å². The van der Waals surface area contributed by atoms with Gasteiger partial charge in [0, 0.05) is 32.2 Å². The third-order valence-corrected chi connectivity index (χ3v) is 3.42. The average molecular weight is 314 g/mol. The Kier molecular flexibility index (Phi) is 7.99. The standard InChI is InChI=1S/C15H23N3O2.ClH/c1-10(11(2)16)15(20)18(4)9-12-5-7-13(8-6-12)14(19)17-3;/h5-8,10-11H,9,16H2,1-4H3,(H,17,19);1H. The molecule has 2 atom stereocenters. The van der Waals surface area contributed by atoms with Crippen molar-refractivity contribution < 1.29 is 9.59 Å². The predicted molar refractivity (Wildman–Crippen MR) is 86.4 cm³/mol. The monoisotopic (exact) mass is 313 g/mol. The molecule has 1 aromatic carbocycles. The van der Waals surface area contributed by atoms with Crippen LogP contribution in [0.25, 0.3) is 0 Å². The maximum Gasteiger partial charge on any atom is 0.251 e. The molecule has 1 aromatic rings. The molecule has 0 saturated heterocycles. The molecule has 0 bridgehead atoms. The van der Waals surface area contributed by atoms with E-state index < -0.39 is 0 Å². The highest BCUT2D eigenvalue weighted by Gasteiger charge is 2.20. The molecular weight excluding hydrogens is 290 g/mol. The summed E-state index contributed by atoms with van der Waals surface area (Å²) >= 11 is 0. The molecule has 0 aliphatic carbocycles. The maximum atomic E-state index is 12.1. The van der Waals surface area contributed by atoms with Crippen molar-refractivity contribution in [2.24, 2.45) is 11.7 Å². The van der Waals surface area contributed by atoms with Crippen molar-refractivity contribution >= 4 is 24.2 Å². The molecule has 3 N–H and O–H groups in total. The van der Waals surface area contributed by atoms with Crippen molar-refractivity contribution in [3.8, 4) is 0 Å². The molecule has 5 nitrogen and oxygen atoms in total. The molecule has 0 saturated carbocycles. The molecule has 21 heavy (non-hydrogen) atoms. The molecule has 1 rings (SSSR count). The summed E-state index contributed by atoms with van der Waals surface area (Å²) in [6.07, 6.45) is 0. The minimum atomic E-state index is -0.204. The SMILES string of the molecule is CNC(=O)c1ccc(CN(C)C(=O)C(C)C(C)N)cc1.Cl. The maximum absolute atomic E-state index is 12.1. The number of benzene rings is 1. The lowest BCUT2D eigenvalue weighted by atomic mass is 10.0. The highest BCUT2D eigenvalue weighted by molar-refractivity contribution is 5.93. The minimum absolute atomic E-state index is 0. The Balaban J connectivity index is 0.00000400. The molecule has 6 heteroatoms. The Morgan fingerprint density at radius 2 is 1.76 bits per heavy atom. The first-order valence-corrected chi connectivity index (χ1v) is 6.68. The Morgan fingerprint density at radius 1 is 1.24 bits per heavy atom. The van der Waals surface area contributed by atoms with Gasteiger partial charge in [0.15, 0.2) is 0 Å². The van der Waals surface area contributed by atoms with Gasteiger partial charge >= 0.3 is 0 Å². The summed E-state index contributed by atoms with van der Waals surface area (Å²) in [5, 5.41) is 2.57. The molecule has 0 heterocycles. The van der Waals surface area contributed by atoms with E-state index in [1.807, 2.05) is 26.0 Å². The van der Waals surface area contributed by atoms with E-state index in [9.17, 15) is 9.59 Å². The summed E-state index contributed by atoms with van der Waals surface area (Å²) in [6, 6.07) is 7.04. The number of nitrogens with two attached hydrogens (primary N) is 1. The summed E-state index contributed by atoms with van der Waals surface area (Å²) in [7, 11) is 3.35. The number of amides is 2. The fourth-order valence-corrected chi connectivity index (χ4v) is 1.83. The normalized spacial score (nSPS) is 12.8. The summed E-state index contributed by atoms with van der Waals surface area (Å²) < 4.78 is 0. The lowest BCUT2D eigenvalue weighted by Crippen LogP contribution is -2.39. The van der Waals surface area contributed by atoms with Crippen LogP contribution in [0.1, 0.15) is 29.8 Å². The van der Waals surface area contributed by atoms with Crippen LogP contribution in [-0.2, 0) is 11.3 Å². The number of hydrogen-bond acceptors (Lipinski definition) is 3. The number of hydrogen-bond donors (Lipinski definition) is 2. The molecule has 0 aliphatic heterocycles. The van der Waals surface area contributed by atoms with Gasteiger partial charge in [0.2, 0.25) is 5.91 Å². The smallest absolute Gasteiger partial charge is 0.251 e. The second-order valence-electron chi connectivity index (χ2n) is 5.12. The van der Waals surface area contributed by atoms with E-state index in [-0.39, 0.29) is 36.2 Å². The highest BCUT2D eigenvalue weighted by atomic mass is 35.5. The van der Waals surface area contributed by atoms with E-state index >= 15 is 0 Å². The van der Waals surface area contributed by atoms with Crippen LogP contribution in [0.4, 0.5) is 0 Å². The van der Waals surface area contributed by atoms with E-state index in [4.69, 9.17) is 5.73 Å². The van der Waals surface area contributed by atoms with Gasteiger partial charge in [0.1, 0.15) is 0 Å². The molecule has 0 aromatic heterocycles. The molecule has 0 fully saturated rings. The molecule has 118 valence electrons. The van der Waals surface area contributed by atoms with Gasteiger partial charge in [-0.3, -0.25) is 9.59 Å². The van der Waals surface area contributed by atoms with Crippen molar-refractivity contribution in [1.29, 1.82) is 0 Å². The first kappa shape index (κ1) is 19.4. The van der Waals surface area contributed by atoms with Crippen LogP contribution in [0.5, 0.6) is 0 Å². The van der Waals surface area contributed by atoms with Crippen LogP contribution in [-0.4, -0.2) is 36.9 Å². The van der Waals surface area contributed by atoms with Gasteiger partial charge in [0.05, 0.1) is 5.92 Å². The zero-order valence-corrected chi connectivity index (χ0v) is 13.7. The zero-order chi connectivity index (χ0) is 15.3.